The van der Waals surface area contributed by atoms with Crippen LogP contribution in [0.2, 0.25) is 0 Å². The molecule has 0 saturated heterocycles. The lowest BCUT2D eigenvalue weighted by atomic mass is 10.1. The zero-order valence-corrected chi connectivity index (χ0v) is 11.5. The molecule has 2 rings (SSSR count). The predicted octanol–water partition coefficient (Wildman–Crippen LogP) is 3.60. The Morgan fingerprint density at radius 1 is 1.14 bits per heavy atom. The topological polar surface area (TPSA) is 72.2 Å². The van der Waals surface area contributed by atoms with E-state index in [1.165, 1.54) is 24.3 Å². The van der Waals surface area contributed by atoms with Crippen LogP contribution in [0.15, 0.2) is 36.4 Å². The Hall–Kier alpha value is -2.76. The Kier molecular flexibility index (Phi) is 3.98. The first-order chi connectivity index (χ1) is 9.88. The van der Waals surface area contributed by atoms with E-state index in [2.05, 4.69) is 5.32 Å². The highest BCUT2D eigenvalue weighted by Crippen LogP contribution is 2.26. The molecule has 0 heterocycles. The average molecular weight is 288 g/mol. The van der Waals surface area contributed by atoms with Gasteiger partial charge >= 0.3 is 0 Å². The van der Waals surface area contributed by atoms with Crippen LogP contribution in [-0.2, 0) is 0 Å². The van der Waals surface area contributed by atoms with Crippen molar-refractivity contribution < 1.29 is 14.1 Å². The fourth-order valence-corrected chi connectivity index (χ4v) is 1.89. The summed E-state index contributed by atoms with van der Waals surface area (Å²) < 4.78 is 13.7. The lowest BCUT2D eigenvalue weighted by molar-refractivity contribution is -0.384. The number of hydrogen-bond acceptors (Lipinski definition) is 3. The van der Waals surface area contributed by atoms with Crippen LogP contribution < -0.4 is 5.32 Å². The Morgan fingerprint density at radius 2 is 1.76 bits per heavy atom. The van der Waals surface area contributed by atoms with E-state index in [0.717, 1.165) is 0 Å². The molecule has 21 heavy (non-hydrogen) atoms. The third-order valence-corrected chi connectivity index (χ3v) is 2.97. The van der Waals surface area contributed by atoms with Crippen LogP contribution in [0.4, 0.5) is 15.8 Å². The summed E-state index contributed by atoms with van der Waals surface area (Å²) in [5.41, 5.74) is 1.04. The van der Waals surface area contributed by atoms with Crippen LogP contribution in [0.5, 0.6) is 0 Å². The Balaban J connectivity index is 2.34. The number of carbonyl (C=O) groups excluding carboxylic acids is 1. The molecule has 1 N–H and O–H groups in total. The summed E-state index contributed by atoms with van der Waals surface area (Å²) in [5, 5.41) is 13.4. The fraction of sp³-hybridized carbons (Fsp3) is 0.133. The molecule has 2 aromatic rings. The van der Waals surface area contributed by atoms with E-state index in [9.17, 15) is 19.3 Å². The third-order valence-electron chi connectivity index (χ3n) is 2.97. The van der Waals surface area contributed by atoms with E-state index in [1.54, 1.807) is 26.0 Å². The van der Waals surface area contributed by atoms with Gasteiger partial charge in [-0.1, -0.05) is 12.1 Å². The van der Waals surface area contributed by atoms with Gasteiger partial charge in [-0.05, 0) is 43.2 Å². The number of hydrogen-bond donors (Lipinski definition) is 1. The average Bonchev–Trinajstić information content (AvgIpc) is 2.40. The molecule has 6 heteroatoms. The second-order valence-electron chi connectivity index (χ2n) is 4.72. The van der Waals surface area contributed by atoms with Gasteiger partial charge in [0.1, 0.15) is 11.5 Å². The number of nitrogens with one attached hydrogen (secondary N) is 1. The highest BCUT2D eigenvalue weighted by atomic mass is 19.1. The quantitative estimate of drug-likeness (QED) is 0.692. The molecule has 0 fully saturated rings. The van der Waals surface area contributed by atoms with Crippen molar-refractivity contribution in [2.24, 2.45) is 0 Å². The van der Waals surface area contributed by atoms with E-state index >= 15 is 0 Å². The predicted molar refractivity (Wildman–Crippen MR) is 76.9 cm³/mol. The van der Waals surface area contributed by atoms with E-state index in [0.29, 0.717) is 11.1 Å². The van der Waals surface area contributed by atoms with E-state index in [-0.39, 0.29) is 16.9 Å². The highest BCUT2D eigenvalue weighted by Gasteiger charge is 2.18. The maximum Gasteiger partial charge on any atom is 0.293 e. The number of amides is 1. The highest BCUT2D eigenvalue weighted by molar-refractivity contribution is 6.05. The van der Waals surface area contributed by atoms with Crippen LogP contribution in [0.1, 0.15) is 21.5 Å². The molecule has 0 radical (unpaired) electrons. The summed E-state index contributed by atoms with van der Waals surface area (Å²) in [6.45, 7) is 3.41. The number of benzene rings is 2. The van der Waals surface area contributed by atoms with Gasteiger partial charge in [-0.2, -0.15) is 0 Å². The SMILES string of the molecule is Cc1ccc(C(=O)Nc2ccc(C)cc2[N+](=O)[O-])c(F)c1. The molecule has 108 valence electrons. The first-order valence-electron chi connectivity index (χ1n) is 6.21. The molecule has 0 aliphatic carbocycles. The molecule has 0 aliphatic rings. The van der Waals surface area contributed by atoms with Crippen LogP contribution in [0.25, 0.3) is 0 Å². The van der Waals surface area contributed by atoms with Crippen molar-refractivity contribution in [2.45, 2.75) is 13.8 Å². The van der Waals surface area contributed by atoms with Gasteiger partial charge in [0.25, 0.3) is 11.6 Å². The number of nitro groups is 1. The van der Waals surface area contributed by atoms with Crippen molar-refractivity contribution in [3.05, 3.63) is 69.0 Å². The van der Waals surface area contributed by atoms with Crippen LogP contribution in [0, 0.1) is 29.8 Å². The number of nitrogens with zero attached hydrogens (tertiary/aromatic N) is 1. The Bertz CT molecular complexity index is 729. The lowest BCUT2D eigenvalue weighted by Gasteiger charge is -2.08. The van der Waals surface area contributed by atoms with Gasteiger partial charge < -0.3 is 5.32 Å². The van der Waals surface area contributed by atoms with Crippen LogP contribution in [-0.4, -0.2) is 10.8 Å². The number of rotatable bonds is 3. The fourth-order valence-electron chi connectivity index (χ4n) is 1.89. The number of nitro benzene ring substituents is 1. The summed E-state index contributed by atoms with van der Waals surface area (Å²) in [6.07, 6.45) is 0. The van der Waals surface area contributed by atoms with Gasteiger partial charge in [-0.3, -0.25) is 14.9 Å². The molecule has 0 spiro atoms. The number of anilines is 1. The molecule has 5 nitrogen and oxygen atoms in total. The zero-order chi connectivity index (χ0) is 15.6. The second-order valence-corrected chi connectivity index (χ2v) is 4.72. The standard InChI is InChI=1S/C15H13FN2O3/c1-9-3-5-11(12(16)7-9)15(19)17-13-6-4-10(2)8-14(13)18(20)21/h3-8H,1-2H3,(H,17,19). The molecular weight excluding hydrogens is 275 g/mol. The molecule has 1 amide bonds. The molecule has 2 aromatic carbocycles. The Morgan fingerprint density at radius 3 is 2.38 bits per heavy atom. The number of halogens is 1. The smallest absolute Gasteiger partial charge is 0.293 e. The summed E-state index contributed by atoms with van der Waals surface area (Å²) in [6, 6.07) is 8.59. The summed E-state index contributed by atoms with van der Waals surface area (Å²) in [7, 11) is 0. The molecule has 0 atom stereocenters. The van der Waals surface area contributed by atoms with Gasteiger partial charge in [0, 0.05) is 6.07 Å². The van der Waals surface area contributed by atoms with Crippen molar-refractivity contribution in [1.29, 1.82) is 0 Å². The van der Waals surface area contributed by atoms with Crippen molar-refractivity contribution in [3.8, 4) is 0 Å². The van der Waals surface area contributed by atoms with Crippen molar-refractivity contribution in [1.82, 2.24) is 0 Å². The van der Waals surface area contributed by atoms with Crippen molar-refractivity contribution in [3.63, 3.8) is 0 Å². The summed E-state index contributed by atoms with van der Waals surface area (Å²) in [5.74, 6) is -1.39. The molecule has 0 bridgehead atoms. The van der Waals surface area contributed by atoms with Crippen LogP contribution >= 0.6 is 0 Å². The van der Waals surface area contributed by atoms with Crippen molar-refractivity contribution >= 4 is 17.3 Å². The molecule has 0 aromatic heterocycles. The zero-order valence-electron chi connectivity index (χ0n) is 11.5. The maximum absolute atomic E-state index is 13.7. The minimum absolute atomic E-state index is 0.0376. The normalized spacial score (nSPS) is 10.2. The van der Waals surface area contributed by atoms with E-state index < -0.39 is 16.6 Å². The Labute approximate surface area is 120 Å². The van der Waals surface area contributed by atoms with Gasteiger partial charge in [0.05, 0.1) is 10.5 Å². The largest absolute Gasteiger partial charge is 0.316 e. The molecular formula is C15H13FN2O3. The van der Waals surface area contributed by atoms with E-state index in [1.807, 2.05) is 0 Å². The number of carbonyl (C=O) groups is 1. The van der Waals surface area contributed by atoms with Gasteiger partial charge in [0.2, 0.25) is 0 Å². The summed E-state index contributed by atoms with van der Waals surface area (Å²) in [4.78, 5) is 22.4. The van der Waals surface area contributed by atoms with Gasteiger partial charge in [-0.15, -0.1) is 0 Å². The molecule has 0 aliphatic heterocycles. The minimum Gasteiger partial charge on any atom is -0.316 e. The van der Waals surface area contributed by atoms with E-state index in [4.69, 9.17) is 0 Å². The third kappa shape index (κ3) is 3.22. The summed E-state index contributed by atoms with van der Waals surface area (Å²) >= 11 is 0. The maximum atomic E-state index is 13.7. The van der Waals surface area contributed by atoms with Gasteiger partial charge in [0.15, 0.2) is 0 Å². The first kappa shape index (κ1) is 14.6. The molecule has 0 unspecified atom stereocenters. The second kappa shape index (κ2) is 5.70. The van der Waals surface area contributed by atoms with Crippen LogP contribution in [0.3, 0.4) is 0 Å². The number of aryl methyl sites for hydroxylation is 2. The van der Waals surface area contributed by atoms with Crippen molar-refractivity contribution in [2.75, 3.05) is 5.32 Å². The first-order valence-corrected chi connectivity index (χ1v) is 6.21. The minimum atomic E-state index is -0.723. The molecule has 0 saturated carbocycles. The van der Waals surface area contributed by atoms with Gasteiger partial charge in [-0.25, -0.2) is 4.39 Å². The monoisotopic (exact) mass is 288 g/mol. The lowest BCUT2D eigenvalue weighted by Crippen LogP contribution is -2.15.